The highest BCUT2D eigenvalue weighted by Gasteiger charge is 2.45. The molecule has 5 rings (SSSR count). The molecular formula is C25H26F4N6O2. The van der Waals surface area contributed by atoms with E-state index >= 15 is 4.39 Å². The van der Waals surface area contributed by atoms with Gasteiger partial charge in [0.2, 0.25) is 5.88 Å². The van der Waals surface area contributed by atoms with E-state index in [0.717, 1.165) is 44.3 Å². The number of alkyl halides is 3. The van der Waals surface area contributed by atoms with Crippen LogP contribution < -0.4 is 9.47 Å². The highest BCUT2D eigenvalue weighted by Crippen LogP contribution is 2.39. The molecule has 0 saturated carbocycles. The van der Waals surface area contributed by atoms with E-state index in [0.29, 0.717) is 22.7 Å². The quantitative estimate of drug-likeness (QED) is 0.319. The fourth-order valence-electron chi connectivity index (χ4n) is 5.28. The number of hydrogen-bond acceptors (Lipinski definition) is 7. The molecule has 2 aliphatic rings. The summed E-state index contributed by atoms with van der Waals surface area (Å²) in [6.45, 7) is 2.33. The SMILES string of the molecule is Cc1cc(/C=C(\F)c2nc(OCC34CCCN3CCC4)nc(OCC(F)(F)F)c2C=N)c2cn[nH]c2c1. The summed E-state index contributed by atoms with van der Waals surface area (Å²) >= 11 is 0. The van der Waals surface area contributed by atoms with E-state index in [1.807, 2.05) is 13.0 Å². The van der Waals surface area contributed by atoms with Gasteiger partial charge in [0.1, 0.15) is 12.3 Å². The van der Waals surface area contributed by atoms with Crippen molar-refractivity contribution in [3.8, 4) is 11.9 Å². The van der Waals surface area contributed by atoms with E-state index in [9.17, 15) is 13.2 Å². The lowest BCUT2D eigenvalue weighted by Crippen LogP contribution is -2.43. The van der Waals surface area contributed by atoms with Crippen molar-refractivity contribution in [2.45, 2.75) is 44.3 Å². The van der Waals surface area contributed by atoms with E-state index in [-0.39, 0.29) is 29.4 Å². The fourth-order valence-corrected chi connectivity index (χ4v) is 5.28. The summed E-state index contributed by atoms with van der Waals surface area (Å²) in [5.41, 5.74) is 1.15. The molecule has 0 radical (unpaired) electrons. The van der Waals surface area contributed by atoms with Gasteiger partial charge < -0.3 is 14.9 Å². The number of rotatable bonds is 8. The monoisotopic (exact) mass is 518 g/mol. The summed E-state index contributed by atoms with van der Waals surface area (Å²) in [5, 5.41) is 15.2. The summed E-state index contributed by atoms with van der Waals surface area (Å²) in [7, 11) is 0. The molecule has 1 aromatic carbocycles. The maximum absolute atomic E-state index is 15.7. The number of nitrogens with one attached hydrogen (secondary N) is 2. The maximum Gasteiger partial charge on any atom is 0.422 e. The first-order chi connectivity index (χ1) is 17.7. The van der Waals surface area contributed by atoms with Gasteiger partial charge in [-0.3, -0.25) is 10.00 Å². The second kappa shape index (κ2) is 9.73. The summed E-state index contributed by atoms with van der Waals surface area (Å²) in [4.78, 5) is 10.5. The predicted molar refractivity (Wildman–Crippen MR) is 130 cm³/mol. The molecule has 0 amide bonds. The van der Waals surface area contributed by atoms with Gasteiger partial charge >= 0.3 is 12.2 Å². The molecule has 2 saturated heterocycles. The molecule has 0 bridgehead atoms. The van der Waals surface area contributed by atoms with Gasteiger partial charge in [0.25, 0.3) is 0 Å². The number of fused-ring (bicyclic) bond motifs is 2. The number of halogens is 4. The van der Waals surface area contributed by atoms with E-state index in [1.165, 1.54) is 6.08 Å². The van der Waals surface area contributed by atoms with E-state index in [1.54, 1.807) is 12.3 Å². The minimum absolute atomic E-state index is 0.181. The molecule has 37 heavy (non-hydrogen) atoms. The van der Waals surface area contributed by atoms with Gasteiger partial charge in [0, 0.05) is 11.6 Å². The highest BCUT2D eigenvalue weighted by molar-refractivity contribution is 5.95. The molecule has 2 N–H and O–H groups in total. The smallest absolute Gasteiger partial charge is 0.422 e. The van der Waals surface area contributed by atoms with Crippen LogP contribution in [-0.2, 0) is 0 Å². The number of H-pyrrole nitrogens is 1. The molecule has 12 heteroatoms. The molecule has 0 unspecified atom stereocenters. The first-order valence-corrected chi connectivity index (χ1v) is 12.0. The Morgan fingerprint density at radius 3 is 2.65 bits per heavy atom. The molecule has 2 aliphatic heterocycles. The van der Waals surface area contributed by atoms with Crippen molar-refractivity contribution in [1.82, 2.24) is 25.1 Å². The number of hydrogen-bond donors (Lipinski definition) is 2. The Morgan fingerprint density at radius 1 is 1.19 bits per heavy atom. The van der Waals surface area contributed by atoms with Gasteiger partial charge in [0.15, 0.2) is 12.4 Å². The molecule has 0 spiro atoms. The zero-order valence-corrected chi connectivity index (χ0v) is 20.2. The molecule has 2 fully saturated rings. The van der Waals surface area contributed by atoms with E-state index in [2.05, 4.69) is 25.1 Å². The summed E-state index contributed by atoms with van der Waals surface area (Å²) in [5.74, 6) is -1.45. The first kappa shape index (κ1) is 25.1. The topological polar surface area (TPSA) is 100 Å². The normalized spacial score (nSPS) is 17.8. The zero-order valence-electron chi connectivity index (χ0n) is 20.2. The fraction of sp³-hybridized carbons (Fsp3) is 0.440. The first-order valence-electron chi connectivity index (χ1n) is 12.0. The molecule has 8 nitrogen and oxygen atoms in total. The van der Waals surface area contributed by atoms with Crippen LogP contribution >= 0.6 is 0 Å². The second-order valence-corrected chi connectivity index (χ2v) is 9.51. The average Bonchev–Trinajstić information content (AvgIpc) is 3.56. The Kier molecular flexibility index (Phi) is 6.61. The zero-order chi connectivity index (χ0) is 26.2. The Balaban J connectivity index is 1.53. The van der Waals surface area contributed by atoms with Crippen molar-refractivity contribution < 1.29 is 27.0 Å². The molecule has 196 valence electrons. The maximum atomic E-state index is 15.7. The lowest BCUT2D eigenvalue weighted by molar-refractivity contribution is -0.154. The van der Waals surface area contributed by atoms with Gasteiger partial charge in [-0.05, 0) is 69.0 Å². The second-order valence-electron chi connectivity index (χ2n) is 9.51. The van der Waals surface area contributed by atoms with Crippen LogP contribution in [0.4, 0.5) is 17.6 Å². The molecule has 0 aliphatic carbocycles. The van der Waals surface area contributed by atoms with Crippen molar-refractivity contribution in [1.29, 1.82) is 5.41 Å². The van der Waals surface area contributed by atoms with E-state index < -0.39 is 24.5 Å². The Labute approximate surface area is 210 Å². The van der Waals surface area contributed by atoms with Crippen LogP contribution in [0.25, 0.3) is 22.8 Å². The van der Waals surface area contributed by atoms with Crippen molar-refractivity contribution in [3.05, 3.63) is 40.7 Å². The molecule has 2 aromatic heterocycles. The number of ether oxygens (including phenoxy) is 2. The minimum Gasteiger partial charge on any atom is -0.467 e. The lowest BCUT2D eigenvalue weighted by Gasteiger charge is -2.31. The van der Waals surface area contributed by atoms with Gasteiger partial charge in [-0.15, -0.1) is 0 Å². The number of aromatic amines is 1. The van der Waals surface area contributed by atoms with Crippen LogP contribution in [0, 0.1) is 12.3 Å². The molecule has 3 aromatic rings. The van der Waals surface area contributed by atoms with Crippen LogP contribution in [0.1, 0.15) is 48.1 Å². The Morgan fingerprint density at radius 2 is 1.95 bits per heavy atom. The number of aryl methyl sites for hydroxylation is 1. The molecule has 4 heterocycles. The van der Waals surface area contributed by atoms with Gasteiger partial charge in [-0.1, -0.05) is 6.07 Å². The third-order valence-corrected chi connectivity index (χ3v) is 6.93. The van der Waals surface area contributed by atoms with Crippen molar-refractivity contribution in [3.63, 3.8) is 0 Å². The standard InChI is InChI=1S/C25H26F4N6O2/c1-15-8-16(18-12-31-34-20(18)9-15)10-19(26)21-17(11-30)22(36-14-25(27,28)29)33-23(32-21)37-13-24-4-2-6-35(24)7-3-5-24/h8-12,30H,2-7,13-14H2,1H3,(H,31,34)/b19-10-,30-11?. The van der Waals surface area contributed by atoms with Crippen LogP contribution in [0.5, 0.6) is 11.9 Å². The largest absolute Gasteiger partial charge is 0.467 e. The van der Waals surface area contributed by atoms with E-state index in [4.69, 9.17) is 14.9 Å². The Hall–Kier alpha value is -3.54. The van der Waals surface area contributed by atoms with Crippen LogP contribution in [0.2, 0.25) is 0 Å². The van der Waals surface area contributed by atoms with Crippen LogP contribution in [0.15, 0.2) is 18.3 Å². The summed E-state index contributed by atoms with van der Waals surface area (Å²) in [6.07, 6.45) is 2.68. The molecule has 0 atom stereocenters. The van der Waals surface area contributed by atoms with Crippen molar-refractivity contribution >= 4 is 29.0 Å². The van der Waals surface area contributed by atoms with Gasteiger partial charge in [-0.25, -0.2) is 4.39 Å². The number of nitrogens with zero attached hydrogens (tertiary/aromatic N) is 4. The van der Waals surface area contributed by atoms with Crippen molar-refractivity contribution in [2.75, 3.05) is 26.3 Å². The number of benzene rings is 1. The molecular weight excluding hydrogens is 492 g/mol. The number of aromatic nitrogens is 4. The lowest BCUT2D eigenvalue weighted by atomic mass is 9.95. The van der Waals surface area contributed by atoms with Crippen molar-refractivity contribution in [2.24, 2.45) is 0 Å². The third kappa shape index (κ3) is 5.15. The van der Waals surface area contributed by atoms with Crippen LogP contribution in [-0.4, -0.2) is 69.3 Å². The van der Waals surface area contributed by atoms with Crippen LogP contribution in [0.3, 0.4) is 0 Å². The highest BCUT2D eigenvalue weighted by atomic mass is 19.4. The summed E-state index contributed by atoms with van der Waals surface area (Å²) in [6, 6.07) is 3.30. The third-order valence-electron chi connectivity index (χ3n) is 6.93. The van der Waals surface area contributed by atoms with Gasteiger partial charge in [-0.2, -0.15) is 28.2 Å². The minimum atomic E-state index is -4.65. The Bertz CT molecular complexity index is 1340. The average molecular weight is 519 g/mol. The predicted octanol–water partition coefficient (Wildman–Crippen LogP) is 5.07. The summed E-state index contributed by atoms with van der Waals surface area (Å²) < 4.78 is 65.2. The van der Waals surface area contributed by atoms with Gasteiger partial charge in [0.05, 0.1) is 22.8 Å².